The van der Waals surface area contributed by atoms with Crippen LogP contribution in [0.3, 0.4) is 0 Å². The summed E-state index contributed by atoms with van der Waals surface area (Å²) in [5.41, 5.74) is 0.321. The Labute approximate surface area is 115 Å². The van der Waals surface area contributed by atoms with Gasteiger partial charge in [-0.15, -0.1) is 0 Å². The van der Waals surface area contributed by atoms with Crippen molar-refractivity contribution < 1.29 is 13.2 Å². The molecular weight excluding hydrogens is 298 g/mol. The fourth-order valence-corrected chi connectivity index (χ4v) is 3.96. The number of halogens is 1. The lowest BCUT2D eigenvalue weighted by molar-refractivity contribution is -0.120. The first-order valence-corrected chi connectivity index (χ1v) is 7.82. The van der Waals surface area contributed by atoms with Crippen molar-refractivity contribution in [3.8, 4) is 0 Å². The molecule has 1 amide bonds. The summed E-state index contributed by atoms with van der Waals surface area (Å²) in [6.07, 6.45) is 0. The second-order valence-corrected chi connectivity index (χ2v) is 7.43. The average molecular weight is 312 g/mol. The van der Waals surface area contributed by atoms with E-state index in [0.29, 0.717) is 5.69 Å². The first kappa shape index (κ1) is 15.4. The predicted molar refractivity (Wildman–Crippen MR) is 70.3 cm³/mol. The molecule has 0 unspecified atom stereocenters. The summed E-state index contributed by atoms with van der Waals surface area (Å²) < 4.78 is 26.1. The van der Waals surface area contributed by atoms with E-state index in [2.05, 4.69) is 15.0 Å². The van der Waals surface area contributed by atoms with Crippen LogP contribution in [0.15, 0.2) is 4.21 Å². The highest BCUT2D eigenvalue weighted by Gasteiger charge is 2.22. The van der Waals surface area contributed by atoms with E-state index in [-0.39, 0.29) is 27.2 Å². The fourth-order valence-electron chi connectivity index (χ4n) is 1.20. The van der Waals surface area contributed by atoms with Crippen LogP contribution in [0.4, 0.5) is 0 Å². The van der Waals surface area contributed by atoms with Gasteiger partial charge in [-0.05, 0) is 20.8 Å². The molecule has 0 aliphatic heterocycles. The molecule has 0 spiro atoms. The van der Waals surface area contributed by atoms with Crippen LogP contribution >= 0.6 is 22.9 Å². The minimum absolute atomic E-state index is 0.0323. The summed E-state index contributed by atoms with van der Waals surface area (Å²) in [4.78, 5) is 15.2. The maximum atomic E-state index is 11.9. The number of hydrogen-bond donors (Lipinski definition) is 2. The molecule has 0 aliphatic rings. The largest absolute Gasteiger partial charge is 0.353 e. The number of aryl methyl sites for hydroxylation is 1. The SMILES string of the molecule is Cc1nc(Cl)sc1S(=O)(=O)NCC(=O)NC(C)C. The van der Waals surface area contributed by atoms with Crippen LogP contribution in [0.1, 0.15) is 19.5 Å². The smallest absolute Gasteiger partial charge is 0.252 e. The zero-order valence-electron chi connectivity index (χ0n) is 10.2. The number of rotatable bonds is 5. The molecule has 2 N–H and O–H groups in total. The van der Waals surface area contributed by atoms with Gasteiger partial charge in [0.15, 0.2) is 8.68 Å². The van der Waals surface area contributed by atoms with E-state index in [1.807, 2.05) is 0 Å². The summed E-state index contributed by atoms with van der Waals surface area (Å²) in [5, 5.41) is 2.58. The van der Waals surface area contributed by atoms with Crippen LogP contribution in [0.5, 0.6) is 0 Å². The normalized spacial score (nSPS) is 11.8. The topological polar surface area (TPSA) is 88.2 Å². The first-order chi connectivity index (χ1) is 8.22. The molecule has 1 aromatic heterocycles. The van der Waals surface area contributed by atoms with E-state index in [0.717, 1.165) is 11.3 Å². The zero-order valence-corrected chi connectivity index (χ0v) is 12.5. The predicted octanol–water partition coefficient (Wildman–Crippen LogP) is 0.908. The third-order valence-electron chi connectivity index (χ3n) is 1.84. The number of thiazole rings is 1. The van der Waals surface area contributed by atoms with Gasteiger partial charge < -0.3 is 5.32 Å². The third kappa shape index (κ3) is 4.20. The maximum absolute atomic E-state index is 11.9. The van der Waals surface area contributed by atoms with Crippen molar-refractivity contribution in [3.63, 3.8) is 0 Å². The van der Waals surface area contributed by atoms with Gasteiger partial charge in [0.25, 0.3) is 10.0 Å². The van der Waals surface area contributed by atoms with E-state index in [4.69, 9.17) is 11.6 Å². The van der Waals surface area contributed by atoms with Crippen LogP contribution in [0.2, 0.25) is 4.47 Å². The second kappa shape index (κ2) is 5.96. The molecule has 0 saturated carbocycles. The Balaban J connectivity index is 2.72. The first-order valence-electron chi connectivity index (χ1n) is 5.14. The summed E-state index contributed by atoms with van der Waals surface area (Å²) in [5.74, 6) is -0.387. The van der Waals surface area contributed by atoms with Crippen LogP contribution in [0, 0.1) is 6.92 Å². The molecule has 0 bridgehead atoms. The lowest BCUT2D eigenvalue weighted by atomic mass is 10.4. The Bertz CT molecular complexity index is 539. The van der Waals surface area contributed by atoms with Crippen molar-refractivity contribution in [1.29, 1.82) is 0 Å². The number of amides is 1. The molecule has 102 valence electrons. The molecule has 0 aromatic carbocycles. The molecule has 0 aliphatic carbocycles. The van der Waals surface area contributed by atoms with E-state index < -0.39 is 10.0 Å². The maximum Gasteiger partial charge on any atom is 0.252 e. The lowest BCUT2D eigenvalue weighted by Crippen LogP contribution is -2.39. The van der Waals surface area contributed by atoms with Gasteiger partial charge in [0, 0.05) is 6.04 Å². The summed E-state index contributed by atoms with van der Waals surface area (Å²) in [7, 11) is -3.74. The van der Waals surface area contributed by atoms with Crippen molar-refractivity contribution in [3.05, 3.63) is 10.2 Å². The summed E-state index contributed by atoms with van der Waals surface area (Å²) >= 11 is 6.50. The molecule has 9 heteroatoms. The van der Waals surface area contributed by atoms with E-state index in [9.17, 15) is 13.2 Å². The Morgan fingerprint density at radius 2 is 2.11 bits per heavy atom. The van der Waals surface area contributed by atoms with E-state index in [1.165, 1.54) is 0 Å². The second-order valence-electron chi connectivity index (χ2n) is 3.89. The van der Waals surface area contributed by atoms with Crippen molar-refractivity contribution in [2.24, 2.45) is 0 Å². The van der Waals surface area contributed by atoms with E-state index >= 15 is 0 Å². The molecule has 0 radical (unpaired) electrons. The monoisotopic (exact) mass is 311 g/mol. The molecular formula is C9H14ClN3O3S2. The van der Waals surface area contributed by atoms with Gasteiger partial charge in [0.05, 0.1) is 12.2 Å². The van der Waals surface area contributed by atoms with Gasteiger partial charge in [-0.25, -0.2) is 18.1 Å². The van der Waals surface area contributed by atoms with Gasteiger partial charge in [0.1, 0.15) is 0 Å². The van der Waals surface area contributed by atoms with Gasteiger partial charge in [-0.1, -0.05) is 22.9 Å². The lowest BCUT2D eigenvalue weighted by Gasteiger charge is -2.09. The number of hydrogen-bond acceptors (Lipinski definition) is 5. The third-order valence-corrected chi connectivity index (χ3v) is 5.12. The molecule has 1 rings (SSSR count). The minimum atomic E-state index is -3.74. The van der Waals surface area contributed by atoms with Crippen molar-refractivity contribution in [2.45, 2.75) is 31.0 Å². The van der Waals surface area contributed by atoms with Crippen LogP contribution in [0.25, 0.3) is 0 Å². The zero-order chi connectivity index (χ0) is 13.9. The number of nitrogens with one attached hydrogen (secondary N) is 2. The minimum Gasteiger partial charge on any atom is -0.353 e. The van der Waals surface area contributed by atoms with Gasteiger partial charge in [0.2, 0.25) is 5.91 Å². The quantitative estimate of drug-likeness (QED) is 0.846. The Hall–Kier alpha value is -0.700. The highest BCUT2D eigenvalue weighted by Crippen LogP contribution is 2.26. The number of sulfonamides is 1. The number of carbonyl (C=O) groups is 1. The molecule has 18 heavy (non-hydrogen) atoms. The molecule has 6 nitrogen and oxygen atoms in total. The van der Waals surface area contributed by atoms with Crippen molar-refractivity contribution in [2.75, 3.05) is 6.54 Å². The van der Waals surface area contributed by atoms with Gasteiger partial charge in [-0.2, -0.15) is 0 Å². The van der Waals surface area contributed by atoms with Crippen LogP contribution < -0.4 is 10.0 Å². The average Bonchev–Trinajstić information content (AvgIpc) is 2.55. The van der Waals surface area contributed by atoms with Crippen LogP contribution in [-0.2, 0) is 14.8 Å². The molecule has 0 atom stereocenters. The molecule has 1 aromatic rings. The molecule has 0 saturated heterocycles. The van der Waals surface area contributed by atoms with Gasteiger partial charge in [-0.3, -0.25) is 4.79 Å². The standard InChI is InChI=1S/C9H14ClN3O3S2/c1-5(2)12-7(14)4-11-18(15,16)8-6(3)13-9(10)17-8/h5,11H,4H2,1-3H3,(H,12,14). The highest BCUT2D eigenvalue weighted by atomic mass is 35.5. The van der Waals surface area contributed by atoms with E-state index in [1.54, 1.807) is 20.8 Å². The molecule has 0 fully saturated rings. The fraction of sp³-hybridized carbons (Fsp3) is 0.556. The number of aromatic nitrogens is 1. The summed E-state index contributed by atoms with van der Waals surface area (Å²) in [6, 6.07) is -0.0402. The van der Waals surface area contributed by atoms with Crippen molar-refractivity contribution >= 4 is 38.9 Å². The Morgan fingerprint density at radius 1 is 1.50 bits per heavy atom. The summed E-state index contributed by atoms with van der Waals surface area (Å²) in [6.45, 7) is 4.82. The van der Waals surface area contributed by atoms with Crippen molar-refractivity contribution in [1.82, 2.24) is 15.0 Å². The molecule has 1 heterocycles. The number of nitrogens with zero attached hydrogens (tertiary/aromatic N) is 1. The number of carbonyl (C=O) groups excluding carboxylic acids is 1. The van der Waals surface area contributed by atoms with Gasteiger partial charge >= 0.3 is 0 Å². The highest BCUT2D eigenvalue weighted by molar-refractivity contribution is 7.91. The van der Waals surface area contributed by atoms with Crippen LogP contribution in [-0.4, -0.2) is 31.9 Å². The Morgan fingerprint density at radius 3 is 2.56 bits per heavy atom. The Kier molecular flexibility index (Phi) is 5.09.